The third kappa shape index (κ3) is 5.65. The van der Waals surface area contributed by atoms with E-state index in [4.69, 9.17) is 9.15 Å². The van der Waals surface area contributed by atoms with Gasteiger partial charge in [-0.3, -0.25) is 14.2 Å². The lowest BCUT2D eigenvalue weighted by atomic mass is 10.2. The number of hydrogen-bond donors (Lipinski definition) is 2. The van der Waals surface area contributed by atoms with Crippen LogP contribution in [-0.4, -0.2) is 39.4 Å². The quantitative estimate of drug-likeness (QED) is 0.346. The first-order chi connectivity index (χ1) is 16.5. The second-order valence-corrected chi connectivity index (χ2v) is 8.23. The topological polar surface area (TPSA) is 111 Å². The molecule has 10 heteroatoms. The van der Waals surface area contributed by atoms with E-state index < -0.39 is 0 Å². The van der Waals surface area contributed by atoms with Crippen LogP contribution in [0.15, 0.2) is 76.5 Å². The number of anilines is 2. The number of thioether (sulfide) groups is 1. The Morgan fingerprint density at radius 3 is 2.56 bits per heavy atom. The van der Waals surface area contributed by atoms with Crippen LogP contribution in [0.3, 0.4) is 0 Å². The number of benzene rings is 2. The van der Waals surface area contributed by atoms with Crippen LogP contribution in [-0.2, 0) is 16.1 Å². The summed E-state index contributed by atoms with van der Waals surface area (Å²) in [5.41, 5.74) is 2.00. The summed E-state index contributed by atoms with van der Waals surface area (Å²) in [6, 6.07) is 18.6. The second-order valence-electron chi connectivity index (χ2n) is 7.28. The number of carbonyl (C=O) groups is 2. The lowest BCUT2D eigenvalue weighted by Crippen LogP contribution is -2.17. The molecule has 2 aromatic carbocycles. The minimum Gasteiger partial charge on any atom is -0.497 e. The van der Waals surface area contributed by atoms with Gasteiger partial charge in [-0.05, 0) is 29.8 Å². The Morgan fingerprint density at radius 1 is 1.03 bits per heavy atom. The fraction of sp³-hybridized carbons (Fsp3) is 0.167. The van der Waals surface area contributed by atoms with Crippen molar-refractivity contribution in [3.8, 4) is 17.3 Å². The van der Waals surface area contributed by atoms with Gasteiger partial charge in [0, 0.05) is 13.0 Å². The minimum absolute atomic E-state index is 0.0851. The van der Waals surface area contributed by atoms with Crippen molar-refractivity contribution in [3.05, 3.63) is 72.5 Å². The Kier molecular flexibility index (Phi) is 7.28. The summed E-state index contributed by atoms with van der Waals surface area (Å²) in [7, 11) is 1.53. The van der Waals surface area contributed by atoms with E-state index in [1.54, 1.807) is 30.5 Å². The van der Waals surface area contributed by atoms with E-state index in [2.05, 4.69) is 20.8 Å². The van der Waals surface area contributed by atoms with Crippen molar-refractivity contribution in [3.63, 3.8) is 0 Å². The van der Waals surface area contributed by atoms with Crippen LogP contribution in [0.25, 0.3) is 11.6 Å². The Balaban J connectivity index is 1.51. The van der Waals surface area contributed by atoms with Gasteiger partial charge in [-0.15, -0.1) is 10.2 Å². The number of amides is 2. The van der Waals surface area contributed by atoms with E-state index in [-0.39, 0.29) is 17.6 Å². The van der Waals surface area contributed by atoms with Gasteiger partial charge in [-0.2, -0.15) is 0 Å². The third-order valence-electron chi connectivity index (χ3n) is 4.79. The maximum Gasteiger partial charge on any atom is 0.234 e. The lowest BCUT2D eigenvalue weighted by molar-refractivity contribution is -0.115. The summed E-state index contributed by atoms with van der Waals surface area (Å²) < 4.78 is 12.7. The number of aromatic nitrogens is 3. The molecule has 0 aliphatic rings. The zero-order valence-corrected chi connectivity index (χ0v) is 19.5. The van der Waals surface area contributed by atoms with Gasteiger partial charge in [0.25, 0.3) is 0 Å². The van der Waals surface area contributed by atoms with E-state index in [9.17, 15) is 9.59 Å². The largest absolute Gasteiger partial charge is 0.497 e. The number of hydrogen-bond acceptors (Lipinski definition) is 7. The molecular weight excluding hydrogens is 454 g/mol. The number of methoxy groups -OCH3 is 1. The Hall–Kier alpha value is -4.05. The standard InChI is InChI=1S/C24H23N5O4S/c1-16(30)25-19-11-10-18(32-2)13-20(19)26-22(31)15-34-24-28-27-23(21-9-6-12-33-21)29(24)14-17-7-4-3-5-8-17/h3-13H,14-15H2,1-2H3,(H,25,30)(H,26,31). The summed E-state index contributed by atoms with van der Waals surface area (Å²) in [6.45, 7) is 1.93. The Bertz CT molecular complexity index is 1270. The number of furan rings is 1. The van der Waals surface area contributed by atoms with Crippen LogP contribution in [0, 0.1) is 0 Å². The molecule has 2 aromatic heterocycles. The molecule has 0 bridgehead atoms. The zero-order chi connectivity index (χ0) is 23.9. The summed E-state index contributed by atoms with van der Waals surface area (Å²) >= 11 is 1.26. The fourth-order valence-electron chi connectivity index (χ4n) is 3.26. The molecule has 0 aliphatic carbocycles. The molecular formula is C24H23N5O4S. The Morgan fingerprint density at radius 2 is 1.85 bits per heavy atom. The second kappa shape index (κ2) is 10.7. The van der Waals surface area contributed by atoms with Gasteiger partial charge in [0.05, 0.1) is 37.0 Å². The predicted molar refractivity (Wildman–Crippen MR) is 130 cm³/mol. The highest BCUT2D eigenvalue weighted by Crippen LogP contribution is 2.29. The minimum atomic E-state index is -0.265. The SMILES string of the molecule is COc1ccc(NC(C)=O)c(NC(=O)CSc2nnc(-c3ccco3)n2Cc2ccccc2)c1. The van der Waals surface area contributed by atoms with Gasteiger partial charge in [0.15, 0.2) is 10.9 Å². The first kappa shape index (κ1) is 23.1. The molecule has 0 radical (unpaired) electrons. The fourth-order valence-corrected chi connectivity index (χ4v) is 4.00. The lowest BCUT2D eigenvalue weighted by Gasteiger charge is -2.13. The summed E-state index contributed by atoms with van der Waals surface area (Å²) in [6.07, 6.45) is 1.58. The third-order valence-corrected chi connectivity index (χ3v) is 5.75. The van der Waals surface area contributed by atoms with Crippen molar-refractivity contribution in [2.24, 2.45) is 0 Å². The van der Waals surface area contributed by atoms with Gasteiger partial charge >= 0.3 is 0 Å². The first-order valence-corrected chi connectivity index (χ1v) is 11.4. The molecule has 0 fully saturated rings. The number of carbonyl (C=O) groups excluding carboxylic acids is 2. The van der Waals surface area contributed by atoms with Crippen LogP contribution in [0.5, 0.6) is 5.75 Å². The summed E-state index contributed by atoms with van der Waals surface area (Å²) in [5, 5.41) is 14.7. The number of nitrogens with one attached hydrogen (secondary N) is 2. The van der Waals surface area contributed by atoms with E-state index >= 15 is 0 Å². The summed E-state index contributed by atoms with van der Waals surface area (Å²) in [4.78, 5) is 24.3. The average molecular weight is 478 g/mol. The molecule has 0 spiro atoms. The van der Waals surface area contributed by atoms with Gasteiger partial charge in [0.2, 0.25) is 17.6 Å². The molecule has 0 saturated carbocycles. The molecule has 2 N–H and O–H groups in total. The highest BCUT2D eigenvalue weighted by Gasteiger charge is 2.18. The molecule has 34 heavy (non-hydrogen) atoms. The van der Waals surface area contributed by atoms with Crippen LogP contribution < -0.4 is 15.4 Å². The van der Waals surface area contributed by atoms with Crippen molar-refractivity contribution < 1.29 is 18.7 Å². The van der Waals surface area contributed by atoms with Crippen molar-refractivity contribution >= 4 is 35.0 Å². The van der Waals surface area contributed by atoms with E-state index in [0.29, 0.717) is 40.4 Å². The molecule has 4 rings (SSSR count). The van der Waals surface area contributed by atoms with Gasteiger partial charge in [-0.1, -0.05) is 42.1 Å². The monoisotopic (exact) mass is 477 g/mol. The van der Waals surface area contributed by atoms with Crippen LogP contribution in [0.4, 0.5) is 11.4 Å². The predicted octanol–water partition coefficient (Wildman–Crippen LogP) is 4.28. The number of nitrogens with zero attached hydrogens (tertiary/aromatic N) is 3. The van der Waals surface area contributed by atoms with E-state index in [1.807, 2.05) is 41.0 Å². The highest BCUT2D eigenvalue weighted by molar-refractivity contribution is 7.99. The van der Waals surface area contributed by atoms with E-state index in [0.717, 1.165) is 5.56 Å². The molecule has 2 amide bonds. The molecule has 0 atom stereocenters. The number of ether oxygens (including phenoxy) is 1. The van der Waals surface area contributed by atoms with E-state index in [1.165, 1.54) is 25.8 Å². The van der Waals surface area contributed by atoms with Gasteiger partial charge < -0.3 is 19.8 Å². The highest BCUT2D eigenvalue weighted by atomic mass is 32.2. The van der Waals surface area contributed by atoms with Gasteiger partial charge in [0.1, 0.15) is 5.75 Å². The van der Waals surface area contributed by atoms with Crippen LogP contribution in [0.1, 0.15) is 12.5 Å². The molecule has 174 valence electrons. The van der Waals surface area contributed by atoms with Crippen LogP contribution >= 0.6 is 11.8 Å². The van der Waals surface area contributed by atoms with Crippen LogP contribution in [0.2, 0.25) is 0 Å². The smallest absolute Gasteiger partial charge is 0.234 e. The summed E-state index contributed by atoms with van der Waals surface area (Å²) in [5.74, 6) is 1.31. The molecule has 2 heterocycles. The van der Waals surface area contributed by atoms with Crippen molar-refractivity contribution in [2.75, 3.05) is 23.5 Å². The maximum absolute atomic E-state index is 12.8. The normalized spacial score (nSPS) is 10.6. The first-order valence-electron chi connectivity index (χ1n) is 10.4. The Labute approximate surface area is 200 Å². The molecule has 9 nitrogen and oxygen atoms in total. The van der Waals surface area contributed by atoms with Crippen molar-refractivity contribution in [1.29, 1.82) is 0 Å². The van der Waals surface area contributed by atoms with Crippen molar-refractivity contribution in [1.82, 2.24) is 14.8 Å². The molecule has 0 saturated heterocycles. The van der Waals surface area contributed by atoms with Crippen molar-refractivity contribution in [2.45, 2.75) is 18.6 Å². The number of rotatable bonds is 9. The molecule has 4 aromatic rings. The zero-order valence-electron chi connectivity index (χ0n) is 18.6. The maximum atomic E-state index is 12.8. The molecule has 0 unspecified atom stereocenters. The average Bonchev–Trinajstić information content (AvgIpc) is 3.49. The van der Waals surface area contributed by atoms with Gasteiger partial charge in [-0.25, -0.2) is 0 Å². The molecule has 0 aliphatic heterocycles.